The number of nitrogens with zero attached hydrogens (tertiary/aromatic N) is 4. The number of epoxide rings is 1. The highest BCUT2D eigenvalue weighted by Gasteiger charge is 2.59. The quantitative estimate of drug-likeness (QED) is 0.454. The van der Waals surface area contributed by atoms with E-state index in [4.69, 9.17) is 19.9 Å². The monoisotopic (exact) mass is 455 g/mol. The van der Waals surface area contributed by atoms with Gasteiger partial charge < -0.3 is 24.8 Å². The van der Waals surface area contributed by atoms with Crippen LogP contribution < -0.4 is 10.6 Å². The van der Waals surface area contributed by atoms with Crippen LogP contribution in [0.4, 0.5) is 5.69 Å². The summed E-state index contributed by atoms with van der Waals surface area (Å²) >= 11 is 0. The molecule has 0 amide bonds. The van der Waals surface area contributed by atoms with E-state index < -0.39 is 5.91 Å². The van der Waals surface area contributed by atoms with Crippen LogP contribution in [0.2, 0.25) is 0 Å². The maximum atomic E-state index is 11.0. The summed E-state index contributed by atoms with van der Waals surface area (Å²) in [4.78, 5) is 13.2. The number of anilines is 1. The average Bonchev–Trinajstić information content (AvgIpc) is 3.23. The summed E-state index contributed by atoms with van der Waals surface area (Å²) in [5.74, 6) is -1.05. The number of carbonyl (C=O) groups excluding carboxylic acids is 1. The number of carbonyl (C=O) groups is 1. The van der Waals surface area contributed by atoms with Gasteiger partial charge in [-0.15, -0.1) is 5.10 Å². The summed E-state index contributed by atoms with van der Waals surface area (Å²) in [7, 11) is 0. The zero-order valence-corrected chi connectivity index (χ0v) is 19.8. The second-order valence-electron chi connectivity index (χ2n) is 8.69. The molecule has 0 bridgehead atoms. The summed E-state index contributed by atoms with van der Waals surface area (Å²) < 4.78 is 18.7. The van der Waals surface area contributed by atoms with Crippen molar-refractivity contribution in [1.82, 2.24) is 15.0 Å². The standard InChI is InChI=1S/C24H33N5O4/c1-5-6-19(7-8-25)23-16(2)9-21(10-17(23)3)29-13-22(33-24(29)15-32-24)12-28-11-20(26-27-28)14-31-18(4)30/h6,9-11,22H,5,7-8,12-15,25H2,1-4H3/b19-6+. The molecule has 3 heterocycles. The zero-order chi connectivity index (χ0) is 23.6. The van der Waals surface area contributed by atoms with E-state index in [-0.39, 0.29) is 18.7 Å². The Labute approximate surface area is 194 Å². The molecule has 4 rings (SSSR count). The van der Waals surface area contributed by atoms with Gasteiger partial charge in [-0.2, -0.15) is 0 Å². The Morgan fingerprint density at radius 1 is 1.36 bits per heavy atom. The van der Waals surface area contributed by atoms with Crippen molar-refractivity contribution in [3.8, 4) is 0 Å². The number of hydrogen-bond donors (Lipinski definition) is 1. The third kappa shape index (κ3) is 5.10. The minimum absolute atomic E-state index is 0.108. The SMILES string of the molecule is CC/C=C(\CCN)c1c(C)cc(N2CC(Cn3cc(COC(C)=O)nn3)OC23CO3)cc1C. The first-order valence-corrected chi connectivity index (χ1v) is 11.5. The summed E-state index contributed by atoms with van der Waals surface area (Å²) in [5, 5.41) is 8.20. The van der Waals surface area contributed by atoms with E-state index in [2.05, 4.69) is 54.2 Å². The van der Waals surface area contributed by atoms with Crippen molar-refractivity contribution in [3.05, 3.63) is 46.8 Å². The fourth-order valence-electron chi connectivity index (χ4n) is 4.60. The van der Waals surface area contributed by atoms with Gasteiger partial charge in [-0.25, -0.2) is 4.68 Å². The number of aromatic nitrogens is 3. The van der Waals surface area contributed by atoms with Crippen molar-refractivity contribution in [3.63, 3.8) is 0 Å². The summed E-state index contributed by atoms with van der Waals surface area (Å²) in [6, 6.07) is 4.42. The Morgan fingerprint density at radius 2 is 2.09 bits per heavy atom. The van der Waals surface area contributed by atoms with Gasteiger partial charge >= 0.3 is 5.97 Å². The van der Waals surface area contributed by atoms with Crippen molar-refractivity contribution in [2.24, 2.45) is 5.73 Å². The van der Waals surface area contributed by atoms with Crippen LogP contribution in [-0.2, 0) is 32.2 Å². The van der Waals surface area contributed by atoms with Crippen LogP contribution in [0.25, 0.3) is 5.57 Å². The van der Waals surface area contributed by atoms with Crippen LogP contribution in [0.5, 0.6) is 0 Å². The molecule has 9 nitrogen and oxygen atoms in total. The molecule has 178 valence electrons. The second-order valence-corrected chi connectivity index (χ2v) is 8.69. The van der Waals surface area contributed by atoms with E-state index in [0.29, 0.717) is 31.9 Å². The first-order valence-electron chi connectivity index (χ1n) is 11.5. The minimum Gasteiger partial charge on any atom is -0.459 e. The van der Waals surface area contributed by atoms with Gasteiger partial charge in [0.15, 0.2) is 0 Å². The van der Waals surface area contributed by atoms with E-state index in [1.54, 1.807) is 10.9 Å². The predicted molar refractivity (Wildman–Crippen MR) is 124 cm³/mol. The minimum atomic E-state index is -0.703. The number of aryl methyl sites for hydroxylation is 2. The van der Waals surface area contributed by atoms with Gasteiger partial charge in [0, 0.05) is 12.6 Å². The van der Waals surface area contributed by atoms with Crippen molar-refractivity contribution in [1.29, 1.82) is 0 Å². The number of esters is 1. The molecule has 0 saturated carbocycles. The van der Waals surface area contributed by atoms with Crippen LogP contribution in [0, 0.1) is 13.8 Å². The highest BCUT2D eigenvalue weighted by molar-refractivity contribution is 5.74. The van der Waals surface area contributed by atoms with Crippen molar-refractivity contribution in [2.75, 3.05) is 24.6 Å². The Bertz CT molecular complexity index is 1020. The number of hydrogen-bond acceptors (Lipinski definition) is 8. The van der Waals surface area contributed by atoms with Gasteiger partial charge in [0.05, 0.1) is 19.3 Å². The summed E-state index contributed by atoms with van der Waals surface area (Å²) in [5.41, 5.74) is 12.6. The van der Waals surface area contributed by atoms with Gasteiger partial charge in [0.1, 0.15) is 25.0 Å². The van der Waals surface area contributed by atoms with E-state index >= 15 is 0 Å². The number of ether oxygens (including phenoxy) is 3. The zero-order valence-electron chi connectivity index (χ0n) is 19.8. The molecule has 2 saturated heterocycles. The Kier molecular flexibility index (Phi) is 6.83. The van der Waals surface area contributed by atoms with Gasteiger partial charge in [0.2, 0.25) is 0 Å². The lowest BCUT2D eigenvalue weighted by atomic mass is 9.92. The summed E-state index contributed by atoms with van der Waals surface area (Å²) in [6.45, 7) is 10.3. The van der Waals surface area contributed by atoms with Crippen LogP contribution in [0.1, 0.15) is 49.1 Å². The molecule has 2 aliphatic rings. The highest BCUT2D eigenvalue weighted by Crippen LogP contribution is 2.44. The molecule has 0 radical (unpaired) electrons. The molecule has 2 aliphatic heterocycles. The molecule has 2 N–H and O–H groups in total. The Balaban J connectivity index is 1.50. The lowest BCUT2D eigenvalue weighted by Gasteiger charge is -2.24. The van der Waals surface area contributed by atoms with Crippen LogP contribution in [0.15, 0.2) is 24.4 Å². The van der Waals surface area contributed by atoms with Gasteiger partial charge in [-0.3, -0.25) is 4.79 Å². The topological polar surface area (TPSA) is 108 Å². The molecule has 2 fully saturated rings. The van der Waals surface area contributed by atoms with Crippen molar-refractivity contribution >= 4 is 17.2 Å². The smallest absolute Gasteiger partial charge is 0.303 e. The third-order valence-electron chi connectivity index (χ3n) is 5.95. The van der Waals surface area contributed by atoms with Gasteiger partial charge in [0.25, 0.3) is 5.91 Å². The molecule has 2 aromatic rings. The molecule has 1 aromatic carbocycles. The molecular formula is C24H33N5O4. The molecular weight excluding hydrogens is 422 g/mol. The predicted octanol–water partition coefficient (Wildman–Crippen LogP) is 2.69. The third-order valence-corrected chi connectivity index (χ3v) is 5.95. The fourth-order valence-corrected chi connectivity index (χ4v) is 4.60. The molecule has 33 heavy (non-hydrogen) atoms. The number of benzene rings is 1. The second kappa shape index (κ2) is 9.62. The lowest BCUT2D eigenvalue weighted by molar-refractivity contribution is -0.142. The van der Waals surface area contributed by atoms with Crippen LogP contribution in [-0.4, -0.2) is 52.7 Å². The average molecular weight is 456 g/mol. The maximum absolute atomic E-state index is 11.0. The maximum Gasteiger partial charge on any atom is 0.303 e. The first-order chi connectivity index (χ1) is 15.8. The molecule has 2 atom stereocenters. The fraction of sp³-hybridized carbons (Fsp3) is 0.542. The molecule has 1 aromatic heterocycles. The lowest BCUT2D eigenvalue weighted by Crippen LogP contribution is -2.33. The van der Waals surface area contributed by atoms with Gasteiger partial charge in [-0.05, 0) is 67.6 Å². The van der Waals surface area contributed by atoms with Crippen molar-refractivity contribution < 1.29 is 19.0 Å². The van der Waals surface area contributed by atoms with E-state index in [1.165, 1.54) is 29.2 Å². The van der Waals surface area contributed by atoms with Crippen LogP contribution in [0.3, 0.4) is 0 Å². The van der Waals surface area contributed by atoms with Crippen LogP contribution >= 0.6 is 0 Å². The van der Waals surface area contributed by atoms with E-state index in [0.717, 1.165) is 18.5 Å². The molecule has 0 aliphatic carbocycles. The Hall–Kier alpha value is -2.75. The van der Waals surface area contributed by atoms with E-state index in [9.17, 15) is 4.79 Å². The number of nitrogens with two attached hydrogens (primary N) is 1. The van der Waals surface area contributed by atoms with E-state index in [1.807, 2.05) is 0 Å². The molecule has 1 spiro atoms. The van der Waals surface area contributed by atoms with Crippen molar-refractivity contribution in [2.45, 2.75) is 65.7 Å². The molecule has 2 unspecified atom stereocenters. The highest BCUT2D eigenvalue weighted by atomic mass is 16.8. The van der Waals surface area contributed by atoms with Gasteiger partial charge in [-0.1, -0.05) is 18.2 Å². The largest absolute Gasteiger partial charge is 0.459 e. The normalized spacial score (nSPS) is 22.3. The Morgan fingerprint density at radius 3 is 2.70 bits per heavy atom. The first kappa shape index (κ1) is 23.4. The molecule has 9 heteroatoms. The number of rotatable bonds is 9. The summed E-state index contributed by atoms with van der Waals surface area (Å²) in [6.07, 6.45) is 5.80. The number of allylic oxidation sites excluding steroid dienone is 1.